The molecular weight excluding hydrogens is 324 g/mol. The molecule has 0 unspecified atom stereocenters. The summed E-state index contributed by atoms with van der Waals surface area (Å²) in [6.07, 6.45) is 10.1. The van der Waals surface area contributed by atoms with E-state index < -0.39 is 0 Å². The molecule has 7 heteroatoms. The molecule has 5 rings (SSSR count). The maximum Gasteiger partial charge on any atom is 0.369 e. The predicted octanol–water partition coefficient (Wildman–Crippen LogP) is 3.81. The number of rotatable bonds is 3. The molecule has 4 fully saturated rings. The average molecular weight is 348 g/mol. The van der Waals surface area contributed by atoms with Crippen molar-refractivity contribution in [3.63, 3.8) is 0 Å². The number of aromatic nitrogens is 1. The van der Waals surface area contributed by atoms with Crippen LogP contribution in [0.4, 0.5) is 16.0 Å². The number of nitrogens with zero attached hydrogens (tertiary/aromatic N) is 4. The van der Waals surface area contributed by atoms with Crippen molar-refractivity contribution in [2.24, 2.45) is 10.8 Å². The summed E-state index contributed by atoms with van der Waals surface area (Å²) in [7, 11) is 0. The highest BCUT2D eigenvalue weighted by Crippen LogP contribution is 2.55. The van der Waals surface area contributed by atoms with Gasteiger partial charge in [-0.05, 0) is 73.5 Å². The number of hydrogen-bond donors (Lipinski definition) is 0. The highest BCUT2D eigenvalue weighted by Gasteiger charge is 2.48. The number of hydrogen-bond acceptors (Lipinski definition) is 6. The lowest BCUT2D eigenvalue weighted by molar-refractivity contribution is -0.379. The molecule has 0 amide bonds. The molecule has 2 aliphatic heterocycles. The average Bonchev–Trinajstić information content (AvgIpc) is 3.45. The van der Waals surface area contributed by atoms with Crippen LogP contribution >= 0.6 is 11.3 Å². The summed E-state index contributed by atoms with van der Waals surface area (Å²) in [5.74, 6) is 0.640. The van der Waals surface area contributed by atoms with Crippen LogP contribution in [0, 0.1) is 20.9 Å². The van der Waals surface area contributed by atoms with Gasteiger partial charge in [0.15, 0.2) is 5.13 Å². The van der Waals surface area contributed by atoms with Gasteiger partial charge in [0.1, 0.15) is 0 Å². The first kappa shape index (κ1) is 14.9. The minimum atomic E-state index is -0.221. The summed E-state index contributed by atoms with van der Waals surface area (Å²) < 4.78 is 0. The van der Waals surface area contributed by atoms with Gasteiger partial charge in [0, 0.05) is 26.2 Å². The van der Waals surface area contributed by atoms with Crippen LogP contribution in [0.5, 0.6) is 0 Å². The molecule has 2 saturated carbocycles. The first-order valence-corrected chi connectivity index (χ1v) is 10.1. The van der Waals surface area contributed by atoms with E-state index in [9.17, 15) is 10.1 Å². The van der Waals surface area contributed by atoms with Crippen LogP contribution in [0.2, 0.25) is 0 Å². The van der Waals surface area contributed by atoms with Gasteiger partial charge < -0.3 is 9.80 Å². The molecule has 0 radical (unpaired) electrons. The maximum absolute atomic E-state index is 11.6. The van der Waals surface area contributed by atoms with Gasteiger partial charge in [-0.3, -0.25) is 10.1 Å². The van der Waals surface area contributed by atoms with Crippen LogP contribution in [-0.2, 0) is 0 Å². The number of thiazole rings is 1. The van der Waals surface area contributed by atoms with E-state index in [0.717, 1.165) is 37.7 Å². The van der Waals surface area contributed by atoms with Crippen molar-refractivity contribution < 1.29 is 4.92 Å². The van der Waals surface area contributed by atoms with Gasteiger partial charge in [-0.1, -0.05) is 0 Å². The van der Waals surface area contributed by atoms with Gasteiger partial charge in [-0.15, -0.1) is 0 Å². The highest BCUT2D eigenvalue weighted by atomic mass is 32.1. The normalized spacial score (nSPS) is 26.8. The molecule has 4 aliphatic rings. The molecule has 130 valence electrons. The van der Waals surface area contributed by atoms with Crippen molar-refractivity contribution >= 4 is 27.3 Å². The molecule has 1 aromatic rings. The van der Waals surface area contributed by atoms with Gasteiger partial charge in [-0.2, -0.15) is 4.98 Å². The molecule has 1 aromatic heterocycles. The zero-order valence-electron chi connectivity index (χ0n) is 14.0. The van der Waals surface area contributed by atoms with E-state index in [1.165, 1.54) is 56.3 Å². The second-order valence-corrected chi connectivity index (χ2v) is 9.39. The first-order valence-electron chi connectivity index (χ1n) is 9.23. The number of nitro groups is 1. The zero-order chi connectivity index (χ0) is 16.4. The van der Waals surface area contributed by atoms with Crippen LogP contribution in [0.25, 0.3) is 0 Å². The van der Waals surface area contributed by atoms with Crippen molar-refractivity contribution in [3.8, 4) is 0 Å². The second kappa shape index (κ2) is 5.07. The van der Waals surface area contributed by atoms with E-state index in [1.54, 1.807) is 0 Å². The van der Waals surface area contributed by atoms with Gasteiger partial charge in [0.05, 0.1) is 4.92 Å². The first-order chi connectivity index (χ1) is 11.6. The van der Waals surface area contributed by atoms with Gasteiger partial charge in [0.25, 0.3) is 0 Å². The SMILES string of the molecule is O=[N+]([O-])c1sc(N2CCCC3(CC3)C2)nc1N1CCCC2(CC2)C1. The van der Waals surface area contributed by atoms with Crippen LogP contribution in [0.1, 0.15) is 51.4 Å². The molecular formula is C17H24N4O2S. The molecule has 2 aliphatic carbocycles. The quantitative estimate of drug-likeness (QED) is 0.614. The van der Waals surface area contributed by atoms with Crippen molar-refractivity contribution in [2.45, 2.75) is 51.4 Å². The summed E-state index contributed by atoms with van der Waals surface area (Å²) in [5.41, 5.74) is 0.946. The van der Waals surface area contributed by atoms with E-state index in [0.29, 0.717) is 16.6 Å². The summed E-state index contributed by atoms with van der Waals surface area (Å²) in [4.78, 5) is 20.7. The number of piperidine rings is 2. The molecule has 6 nitrogen and oxygen atoms in total. The minimum Gasteiger partial charge on any atom is -0.349 e. The Labute approximate surface area is 146 Å². The van der Waals surface area contributed by atoms with Gasteiger partial charge in [-0.25, -0.2) is 0 Å². The molecule has 0 N–H and O–H groups in total. The van der Waals surface area contributed by atoms with E-state index in [2.05, 4.69) is 9.80 Å². The minimum absolute atomic E-state index is 0.221. The van der Waals surface area contributed by atoms with E-state index in [4.69, 9.17) is 4.98 Å². The third-order valence-electron chi connectivity index (χ3n) is 6.55. The van der Waals surface area contributed by atoms with Crippen LogP contribution in [0.3, 0.4) is 0 Å². The molecule has 2 saturated heterocycles. The van der Waals surface area contributed by atoms with Crippen molar-refractivity contribution in [2.75, 3.05) is 36.0 Å². The van der Waals surface area contributed by atoms with Crippen molar-refractivity contribution in [3.05, 3.63) is 10.1 Å². The third-order valence-corrected chi connectivity index (χ3v) is 7.61. The van der Waals surface area contributed by atoms with Gasteiger partial charge in [0.2, 0.25) is 5.82 Å². The summed E-state index contributed by atoms with van der Waals surface area (Å²) in [6, 6.07) is 0. The predicted molar refractivity (Wildman–Crippen MR) is 95.0 cm³/mol. The lowest BCUT2D eigenvalue weighted by atomic mass is 9.95. The molecule has 24 heavy (non-hydrogen) atoms. The Morgan fingerprint density at radius 1 is 0.958 bits per heavy atom. The summed E-state index contributed by atoms with van der Waals surface area (Å²) >= 11 is 1.29. The smallest absolute Gasteiger partial charge is 0.349 e. The fraction of sp³-hybridized carbons (Fsp3) is 0.824. The van der Waals surface area contributed by atoms with E-state index in [-0.39, 0.29) is 9.92 Å². The monoisotopic (exact) mass is 348 g/mol. The fourth-order valence-corrected chi connectivity index (χ4v) is 5.61. The Bertz CT molecular complexity index is 680. The Morgan fingerprint density at radius 3 is 2.12 bits per heavy atom. The Hall–Kier alpha value is -1.37. The van der Waals surface area contributed by atoms with Crippen LogP contribution in [0.15, 0.2) is 0 Å². The Morgan fingerprint density at radius 2 is 1.54 bits per heavy atom. The topological polar surface area (TPSA) is 62.5 Å². The molecule has 0 bridgehead atoms. The summed E-state index contributed by atoms with van der Waals surface area (Å²) in [5, 5.41) is 12.7. The molecule has 2 spiro atoms. The van der Waals surface area contributed by atoms with Crippen LogP contribution < -0.4 is 9.80 Å². The second-order valence-electron chi connectivity index (χ2n) is 8.43. The third kappa shape index (κ3) is 2.48. The summed E-state index contributed by atoms with van der Waals surface area (Å²) in [6.45, 7) is 3.91. The van der Waals surface area contributed by atoms with Crippen molar-refractivity contribution in [1.82, 2.24) is 4.98 Å². The van der Waals surface area contributed by atoms with Crippen LogP contribution in [-0.4, -0.2) is 36.1 Å². The lowest BCUT2D eigenvalue weighted by Crippen LogP contribution is -2.38. The van der Waals surface area contributed by atoms with Gasteiger partial charge >= 0.3 is 5.00 Å². The molecule has 3 heterocycles. The molecule has 0 atom stereocenters. The Kier molecular flexibility index (Phi) is 3.15. The van der Waals surface area contributed by atoms with Crippen molar-refractivity contribution in [1.29, 1.82) is 0 Å². The standard InChI is InChI=1S/C17H24N4O2S/c22-21(23)14-13(19-9-1-3-16(11-19)5-6-16)18-15(24-14)20-10-2-4-17(12-20)7-8-17/h1-12H2. The molecule has 0 aromatic carbocycles. The Balaban J connectivity index is 1.43. The largest absolute Gasteiger partial charge is 0.369 e. The number of anilines is 2. The fourth-order valence-electron chi connectivity index (χ4n) is 4.68. The van der Waals surface area contributed by atoms with E-state index >= 15 is 0 Å². The zero-order valence-corrected chi connectivity index (χ0v) is 14.8. The van der Waals surface area contributed by atoms with E-state index in [1.807, 2.05) is 0 Å². The lowest BCUT2D eigenvalue weighted by Gasteiger charge is -2.33. The maximum atomic E-state index is 11.6. The highest BCUT2D eigenvalue weighted by molar-refractivity contribution is 7.19.